The second-order valence-electron chi connectivity index (χ2n) is 4.59. The fourth-order valence-corrected chi connectivity index (χ4v) is 2.20. The van der Waals surface area contributed by atoms with E-state index in [1.54, 1.807) is 0 Å². The average Bonchev–Trinajstić information content (AvgIpc) is 2.87. The van der Waals surface area contributed by atoms with E-state index >= 15 is 0 Å². The Morgan fingerprint density at radius 3 is 2.90 bits per heavy atom. The molecule has 0 aliphatic carbocycles. The van der Waals surface area contributed by atoms with Crippen LogP contribution in [0.2, 0.25) is 0 Å². The van der Waals surface area contributed by atoms with Crippen LogP contribution in [-0.4, -0.2) is 21.2 Å². The Bertz CT molecular complexity index is 764. The van der Waals surface area contributed by atoms with Crippen LogP contribution in [0.5, 0.6) is 5.75 Å². The first-order chi connectivity index (χ1) is 9.70. The number of fused-ring (bicyclic) bond motifs is 1. The lowest BCUT2D eigenvalue weighted by molar-refractivity contribution is 0.342. The molecule has 0 fully saturated rings. The van der Waals surface area contributed by atoms with Crippen LogP contribution in [0, 0.1) is 6.92 Å². The van der Waals surface area contributed by atoms with Gasteiger partial charge in [-0.15, -0.1) is 10.2 Å². The lowest BCUT2D eigenvalue weighted by Crippen LogP contribution is -1.98. The maximum Gasteiger partial charge on any atom is 0.168 e. The normalized spacial score (nSPS) is 10.9. The predicted octanol–water partition coefficient (Wildman–Crippen LogP) is 2.69. The van der Waals surface area contributed by atoms with Crippen LogP contribution in [0.4, 0.5) is 5.69 Å². The maximum atomic E-state index is 5.90. The quantitative estimate of drug-likeness (QED) is 0.742. The van der Waals surface area contributed by atoms with Crippen molar-refractivity contribution in [2.45, 2.75) is 13.8 Å². The molecule has 0 amide bonds. The third kappa shape index (κ3) is 1.97. The van der Waals surface area contributed by atoms with Gasteiger partial charge in [0.15, 0.2) is 11.5 Å². The third-order valence-electron chi connectivity index (χ3n) is 3.20. The van der Waals surface area contributed by atoms with E-state index in [4.69, 9.17) is 10.5 Å². The zero-order chi connectivity index (χ0) is 14.1. The summed E-state index contributed by atoms with van der Waals surface area (Å²) in [6.07, 6.45) is 1.95. The van der Waals surface area contributed by atoms with Crippen molar-refractivity contribution in [2.75, 3.05) is 12.3 Å². The number of hydrogen-bond donors (Lipinski definition) is 1. The van der Waals surface area contributed by atoms with E-state index in [1.165, 1.54) is 0 Å². The lowest BCUT2D eigenvalue weighted by Gasteiger charge is -2.08. The second kappa shape index (κ2) is 4.85. The molecule has 0 saturated heterocycles. The summed E-state index contributed by atoms with van der Waals surface area (Å²) in [5.74, 6) is 1.46. The molecule has 0 aliphatic heterocycles. The van der Waals surface area contributed by atoms with Gasteiger partial charge < -0.3 is 10.5 Å². The smallest absolute Gasteiger partial charge is 0.168 e. The monoisotopic (exact) mass is 268 g/mol. The number of aromatic nitrogens is 3. The van der Waals surface area contributed by atoms with E-state index in [9.17, 15) is 0 Å². The van der Waals surface area contributed by atoms with E-state index in [0.717, 1.165) is 22.6 Å². The molecule has 3 aromatic rings. The van der Waals surface area contributed by atoms with Crippen molar-refractivity contribution in [1.29, 1.82) is 0 Å². The molecule has 2 heterocycles. The molecule has 5 heteroatoms. The summed E-state index contributed by atoms with van der Waals surface area (Å²) in [4.78, 5) is 0. The number of nitrogen functional groups attached to an aromatic ring is 1. The average molecular weight is 268 g/mol. The van der Waals surface area contributed by atoms with Gasteiger partial charge in [-0.1, -0.05) is 6.07 Å². The van der Waals surface area contributed by atoms with Crippen LogP contribution in [-0.2, 0) is 0 Å². The first-order valence-corrected chi connectivity index (χ1v) is 6.53. The van der Waals surface area contributed by atoms with Crippen LogP contribution in [0.1, 0.15) is 12.5 Å². The van der Waals surface area contributed by atoms with Crippen LogP contribution in [0.25, 0.3) is 17.0 Å². The molecule has 20 heavy (non-hydrogen) atoms. The Morgan fingerprint density at radius 2 is 2.10 bits per heavy atom. The van der Waals surface area contributed by atoms with Gasteiger partial charge in [0.25, 0.3) is 0 Å². The number of nitrogens with zero attached hydrogens (tertiary/aromatic N) is 3. The summed E-state index contributed by atoms with van der Waals surface area (Å²) in [6, 6.07) is 9.66. The molecule has 2 aromatic heterocycles. The van der Waals surface area contributed by atoms with Crippen LogP contribution in [0.15, 0.2) is 36.5 Å². The Balaban J connectivity index is 2.16. The summed E-state index contributed by atoms with van der Waals surface area (Å²) in [7, 11) is 0. The topological polar surface area (TPSA) is 65.4 Å². The number of nitrogens with two attached hydrogens (primary N) is 1. The van der Waals surface area contributed by atoms with E-state index in [1.807, 2.05) is 54.8 Å². The van der Waals surface area contributed by atoms with Gasteiger partial charge in [0.1, 0.15) is 5.75 Å². The van der Waals surface area contributed by atoms with Crippen molar-refractivity contribution in [2.24, 2.45) is 0 Å². The zero-order valence-electron chi connectivity index (χ0n) is 11.5. The maximum absolute atomic E-state index is 5.90. The van der Waals surface area contributed by atoms with Gasteiger partial charge in [0.2, 0.25) is 0 Å². The number of anilines is 1. The minimum absolute atomic E-state index is 0.577. The van der Waals surface area contributed by atoms with Gasteiger partial charge >= 0.3 is 0 Å². The number of pyridine rings is 1. The number of ether oxygens (including phenoxy) is 1. The minimum atomic E-state index is 0.577. The van der Waals surface area contributed by atoms with Crippen molar-refractivity contribution >= 4 is 11.3 Å². The van der Waals surface area contributed by atoms with Crippen molar-refractivity contribution in [1.82, 2.24) is 14.6 Å². The fourth-order valence-electron chi connectivity index (χ4n) is 2.20. The Morgan fingerprint density at radius 1 is 1.25 bits per heavy atom. The molecular formula is C15H16N4O. The summed E-state index contributed by atoms with van der Waals surface area (Å²) >= 11 is 0. The lowest BCUT2D eigenvalue weighted by atomic mass is 10.1. The van der Waals surface area contributed by atoms with E-state index in [-0.39, 0.29) is 0 Å². The Kier molecular flexibility index (Phi) is 3.02. The Hall–Kier alpha value is -2.56. The van der Waals surface area contributed by atoms with Crippen molar-refractivity contribution in [3.8, 4) is 17.1 Å². The van der Waals surface area contributed by atoms with Gasteiger partial charge in [0.05, 0.1) is 12.3 Å². The molecule has 102 valence electrons. The molecule has 0 radical (unpaired) electrons. The molecule has 1 aromatic carbocycles. The van der Waals surface area contributed by atoms with Crippen molar-refractivity contribution < 1.29 is 4.74 Å². The van der Waals surface area contributed by atoms with Crippen LogP contribution in [0.3, 0.4) is 0 Å². The van der Waals surface area contributed by atoms with Crippen molar-refractivity contribution in [3.05, 3.63) is 42.1 Å². The first-order valence-electron chi connectivity index (χ1n) is 6.53. The van der Waals surface area contributed by atoms with E-state index in [2.05, 4.69) is 10.2 Å². The molecule has 0 saturated carbocycles. The number of hydrogen-bond acceptors (Lipinski definition) is 4. The molecule has 0 atom stereocenters. The van der Waals surface area contributed by atoms with Gasteiger partial charge in [-0.2, -0.15) is 0 Å². The molecular weight excluding hydrogens is 252 g/mol. The summed E-state index contributed by atoms with van der Waals surface area (Å²) < 4.78 is 7.50. The third-order valence-corrected chi connectivity index (χ3v) is 3.20. The van der Waals surface area contributed by atoms with Gasteiger partial charge in [-0.3, -0.25) is 4.40 Å². The molecule has 3 rings (SSSR count). The minimum Gasteiger partial charge on any atom is -0.492 e. The van der Waals surface area contributed by atoms with E-state index < -0.39 is 0 Å². The number of aryl methyl sites for hydroxylation is 1. The molecule has 0 spiro atoms. The summed E-state index contributed by atoms with van der Waals surface area (Å²) in [6.45, 7) is 4.53. The highest BCUT2D eigenvalue weighted by Crippen LogP contribution is 2.28. The first kappa shape index (κ1) is 12.5. The second-order valence-corrected chi connectivity index (χ2v) is 4.59. The van der Waals surface area contributed by atoms with Gasteiger partial charge in [-0.05, 0) is 43.7 Å². The predicted molar refractivity (Wildman–Crippen MR) is 78.7 cm³/mol. The Labute approximate surface area is 117 Å². The van der Waals surface area contributed by atoms with Gasteiger partial charge in [-0.25, -0.2) is 0 Å². The number of rotatable bonds is 3. The highest BCUT2D eigenvalue weighted by Gasteiger charge is 2.11. The highest BCUT2D eigenvalue weighted by molar-refractivity contribution is 5.67. The van der Waals surface area contributed by atoms with Gasteiger partial charge in [0, 0.05) is 11.8 Å². The molecule has 5 nitrogen and oxygen atoms in total. The molecule has 0 bridgehead atoms. The summed E-state index contributed by atoms with van der Waals surface area (Å²) in [5.41, 5.74) is 9.40. The standard InChI is InChI=1S/C15H16N4O/c1-3-20-13-9-11(6-7-12(13)16)15-18-17-14-10(2)5-4-8-19(14)15/h4-9H,3,16H2,1-2H3. The molecule has 0 aliphatic rings. The number of benzene rings is 1. The SMILES string of the molecule is CCOc1cc(-c2nnc3c(C)cccn23)ccc1N. The molecule has 0 unspecified atom stereocenters. The fraction of sp³-hybridized carbons (Fsp3) is 0.200. The van der Waals surface area contributed by atoms with Crippen LogP contribution < -0.4 is 10.5 Å². The highest BCUT2D eigenvalue weighted by atomic mass is 16.5. The molecule has 2 N–H and O–H groups in total. The van der Waals surface area contributed by atoms with E-state index in [0.29, 0.717) is 18.0 Å². The van der Waals surface area contributed by atoms with Crippen LogP contribution >= 0.6 is 0 Å². The van der Waals surface area contributed by atoms with Crippen molar-refractivity contribution in [3.63, 3.8) is 0 Å². The zero-order valence-corrected chi connectivity index (χ0v) is 11.5. The largest absolute Gasteiger partial charge is 0.492 e. The summed E-state index contributed by atoms with van der Waals surface area (Å²) in [5, 5.41) is 8.51.